The highest BCUT2D eigenvalue weighted by molar-refractivity contribution is 5.22. The van der Waals surface area contributed by atoms with E-state index in [0.29, 0.717) is 5.92 Å². The molecule has 3 heteroatoms. The maximum absolute atomic E-state index is 11.2. The largest absolute Gasteiger partial charge is 0.383 e. The first kappa shape index (κ1) is 11.0. The number of hydrogen-bond acceptors (Lipinski definition) is 2. The normalized spacial score (nSPS) is 45.7. The maximum atomic E-state index is 11.2. The fraction of sp³-hybridized carbons (Fsp3) is 0.800. The second-order valence-corrected chi connectivity index (χ2v) is 6.52. The highest BCUT2D eigenvalue weighted by Crippen LogP contribution is 2.65. The molecule has 3 aliphatic carbocycles. The van der Waals surface area contributed by atoms with E-state index >= 15 is 0 Å². The molecule has 3 saturated carbocycles. The molecule has 0 aliphatic heterocycles. The summed E-state index contributed by atoms with van der Waals surface area (Å²) in [7, 11) is 0. The number of fused-ring (bicyclic) bond motifs is 5. The minimum absolute atomic E-state index is 0.497. The molecule has 1 N–H and O–H groups in total. The molecule has 0 radical (unpaired) electrons. The molecule has 1 aromatic rings. The summed E-state index contributed by atoms with van der Waals surface area (Å²) in [5, 5.41) is 15.6. The van der Waals surface area contributed by atoms with Crippen LogP contribution in [-0.4, -0.2) is 14.9 Å². The first-order valence-corrected chi connectivity index (χ1v) is 7.48. The second kappa shape index (κ2) is 3.60. The van der Waals surface area contributed by atoms with Crippen LogP contribution in [0.4, 0.5) is 0 Å². The lowest BCUT2D eigenvalue weighted by atomic mass is 9.71. The Labute approximate surface area is 108 Å². The summed E-state index contributed by atoms with van der Waals surface area (Å²) < 4.78 is 1.99. The fourth-order valence-electron chi connectivity index (χ4n) is 5.36. The van der Waals surface area contributed by atoms with Gasteiger partial charge in [-0.3, -0.25) is 4.68 Å². The van der Waals surface area contributed by atoms with Crippen LogP contribution in [0.2, 0.25) is 0 Å². The monoisotopic (exact) mass is 246 g/mol. The van der Waals surface area contributed by atoms with Crippen LogP contribution in [0.1, 0.15) is 44.7 Å². The molecule has 3 fully saturated rings. The van der Waals surface area contributed by atoms with Crippen LogP contribution >= 0.6 is 0 Å². The van der Waals surface area contributed by atoms with Crippen molar-refractivity contribution in [2.24, 2.45) is 23.7 Å². The summed E-state index contributed by atoms with van der Waals surface area (Å²) >= 11 is 0. The average molecular weight is 246 g/mol. The van der Waals surface area contributed by atoms with Gasteiger partial charge in [0.05, 0.1) is 5.69 Å². The standard InChI is InChI=1S/C15H22N2O/c1-2-17-14(6-7-16-17)15(18)9-10-8-13(15)12-5-3-4-11(10)12/h6-7,10-13,18H,2-5,8-9H2,1H3. The molecule has 1 heterocycles. The summed E-state index contributed by atoms with van der Waals surface area (Å²) in [6.07, 6.45) is 8.20. The molecule has 3 nitrogen and oxygen atoms in total. The summed E-state index contributed by atoms with van der Waals surface area (Å²) in [6.45, 7) is 2.96. The Morgan fingerprint density at radius 1 is 1.44 bits per heavy atom. The smallest absolute Gasteiger partial charge is 0.110 e. The van der Waals surface area contributed by atoms with E-state index in [9.17, 15) is 5.11 Å². The minimum atomic E-state index is -0.581. The molecule has 5 atom stereocenters. The summed E-state index contributed by atoms with van der Waals surface area (Å²) in [5.41, 5.74) is 0.491. The quantitative estimate of drug-likeness (QED) is 0.871. The van der Waals surface area contributed by atoms with Crippen molar-refractivity contribution in [1.29, 1.82) is 0 Å². The van der Waals surface area contributed by atoms with Crippen LogP contribution in [0.25, 0.3) is 0 Å². The lowest BCUT2D eigenvalue weighted by Gasteiger charge is -2.39. The van der Waals surface area contributed by atoms with Crippen LogP contribution in [-0.2, 0) is 12.1 Å². The Morgan fingerprint density at radius 2 is 2.28 bits per heavy atom. The Hall–Kier alpha value is -0.830. The highest BCUT2D eigenvalue weighted by Gasteiger charge is 2.61. The van der Waals surface area contributed by atoms with E-state index in [1.165, 1.54) is 25.7 Å². The lowest BCUT2D eigenvalue weighted by molar-refractivity contribution is -0.0578. The van der Waals surface area contributed by atoms with E-state index < -0.39 is 5.60 Å². The first-order valence-electron chi connectivity index (χ1n) is 7.48. The topological polar surface area (TPSA) is 38.0 Å². The van der Waals surface area contributed by atoms with Gasteiger partial charge in [0, 0.05) is 12.7 Å². The van der Waals surface area contributed by atoms with Gasteiger partial charge < -0.3 is 5.11 Å². The summed E-state index contributed by atoms with van der Waals surface area (Å²) in [6, 6.07) is 2.04. The van der Waals surface area contributed by atoms with Gasteiger partial charge in [0.25, 0.3) is 0 Å². The predicted molar refractivity (Wildman–Crippen MR) is 68.8 cm³/mol. The zero-order chi connectivity index (χ0) is 12.3. The third kappa shape index (κ3) is 1.21. The minimum Gasteiger partial charge on any atom is -0.383 e. The van der Waals surface area contributed by atoms with Crippen molar-refractivity contribution in [1.82, 2.24) is 9.78 Å². The highest BCUT2D eigenvalue weighted by atomic mass is 16.3. The van der Waals surface area contributed by atoms with Crippen molar-refractivity contribution < 1.29 is 5.11 Å². The molecule has 0 aromatic carbocycles. The van der Waals surface area contributed by atoms with Gasteiger partial charge in [-0.15, -0.1) is 0 Å². The van der Waals surface area contributed by atoms with Crippen LogP contribution in [0.5, 0.6) is 0 Å². The molecular formula is C15H22N2O. The molecule has 5 unspecified atom stereocenters. The van der Waals surface area contributed by atoms with Gasteiger partial charge in [-0.05, 0) is 62.3 Å². The van der Waals surface area contributed by atoms with E-state index in [1.807, 2.05) is 16.9 Å². The van der Waals surface area contributed by atoms with E-state index in [1.54, 1.807) is 0 Å². The number of nitrogens with zero attached hydrogens (tertiary/aromatic N) is 2. The van der Waals surface area contributed by atoms with Gasteiger partial charge in [0.1, 0.15) is 5.60 Å². The maximum Gasteiger partial charge on any atom is 0.110 e. The summed E-state index contributed by atoms with van der Waals surface area (Å²) in [5.74, 6) is 2.98. The molecule has 2 bridgehead atoms. The van der Waals surface area contributed by atoms with E-state index in [4.69, 9.17) is 0 Å². The number of aromatic nitrogens is 2. The van der Waals surface area contributed by atoms with Crippen LogP contribution < -0.4 is 0 Å². The molecule has 18 heavy (non-hydrogen) atoms. The lowest BCUT2D eigenvalue weighted by Crippen LogP contribution is -2.40. The van der Waals surface area contributed by atoms with Crippen molar-refractivity contribution in [3.63, 3.8) is 0 Å². The molecule has 1 aromatic heterocycles. The first-order chi connectivity index (χ1) is 8.74. The van der Waals surface area contributed by atoms with Crippen LogP contribution in [0.3, 0.4) is 0 Å². The van der Waals surface area contributed by atoms with Gasteiger partial charge >= 0.3 is 0 Å². The molecule has 0 spiro atoms. The molecule has 0 amide bonds. The Morgan fingerprint density at radius 3 is 3.11 bits per heavy atom. The van der Waals surface area contributed by atoms with E-state index in [-0.39, 0.29) is 0 Å². The van der Waals surface area contributed by atoms with Crippen molar-refractivity contribution >= 4 is 0 Å². The summed E-state index contributed by atoms with van der Waals surface area (Å²) in [4.78, 5) is 0. The van der Waals surface area contributed by atoms with Gasteiger partial charge in [-0.25, -0.2) is 0 Å². The van der Waals surface area contributed by atoms with E-state index in [0.717, 1.165) is 36.4 Å². The Kier molecular flexibility index (Phi) is 2.20. The zero-order valence-corrected chi connectivity index (χ0v) is 11.0. The number of hydrogen-bond donors (Lipinski definition) is 1. The van der Waals surface area contributed by atoms with Crippen LogP contribution in [0.15, 0.2) is 12.3 Å². The van der Waals surface area contributed by atoms with Gasteiger partial charge in [-0.2, -0.15) is 5.10 Å². The second-order valence-electron chi connectivity index (χ2n) is 6.52. The van der Waals surface area contributed by atoms with Crippen molar-refractivity contribution in [3.8, 4) is 0 Å². The molecular weight excluding hydrogens is 224 g/mol. The Bertz CT molecular complexity index is 469. The number of rotatable bonds is 2. The molecule has 0 saturated heterocycles. The fourth-order valence-corrected chi connectivity index (χ4v) is 5.36. The molecule has 98 valence electrons. The van der Waals surface area contributed by atoms with Crippen LogP contribution in [0, 0.1) is 23.7 Å². The van der Waals surface area contributed by atoms with Gasteiger partial charge in [-0.1, -0.05) is 6.42 Å². The third-order valence-corrected chi connectivity index (χ3v) is 5.95. The van der Waals surface area contributed by atoms with Gasteiger partial charge in [0.2, 0.25) is 0 Å². The number of aryl methyl sites for hydroxylation is 1. The van der Waals surface area contributed by atoms with Crippen molar-refractivity contribution in [2.75, 3.05) is 0 Å². The SMILES string of the molecule is CCn1nccc1C1(O)CC2CC1C1CCCC21. The van der Waals surface area contributed by atoms with Crippen molar-refractivity contribution in [2.45, 2.75) is 51.2 Å². The third-order valence-electron chi connectivity index (χ3n) is 5.95. The average Bonchev–Trinajstić information content (AvgIpc) is 3.09. The van der Waals surface area contributed by atoms with Crippen molar-refractivity contribution in [3.05, 3.63) is 18.0 Å². The van der Waals surface area contributed by atoms with E-state index in [2.05, 4.69) is 12.0 Å². The van der Waals surface area contributed by atoms with Gasteiger partial charge in [0.15, 0.2) is 0 Å². The molecule has 4 rings (SSSR count). The predicted octanol–water partition coefficient (Wildman–Crippen LogP) is 2.55. The molecule has 3 aliphatic rings. The Balaban J connectivity index is 1.73. The number of aliphatic hydroxyl groups is 1. The zero-order valence-electron chi connectivity index (χ0n) is 11.0.